The lowest BCUT2D eigenvalue weighted by Gasteiger charge is -2.14. The summed E-state index contributed by atoms with van der Waals surface area (Å²) in [7, 11) is 0. The molecule has 1 aromatic carbocycles. The Kier molecular flexibility index (Phi) is 4.88. The Morgan fingerprint density at radius 3 is 2.88 bits per heavy atom. The van der Waals surface area contributed by atoms with E-state index in [1.54, 1.807) is 11.8 Å². The zero-order valence-electron chi connectivity index (χ0n) is 14.7. The summed E-state index contributed by atoms with van der Waals surface area (Å²) in [6.45, 7) is 1.84. The van der Waals surface area contributed by atoms with E-state index in [4.69, 9.17) is 22.3 Å². The Labute approximate surface area is 162 Å². The number of nitrogens with zero attached hydrogens (tertiary/aromatic N) is 1. The van der Waals surface area contributed by atoms with Gasteiger partial charge in [-0.3, -0.25) is 9.79 Å². The molecule has 0 bridgehead atoms. The van der Waals surface area contributed by atoms with Gasteiger partial charge in [-0.2, -0.15) is 0 Å². The van der Waals surface area contributed by atoms with Gasteiger partial charge in [-0.05, 0) is 31.0 Å². The molecule has 1 saturated carbocycles. The number of aromatic nitrogens is 1. The molecule has 1 aliphatic heterocycles. The number of halogens is 1. The van der Waals surface area contributed by atoms with E-state index >= 15 is 0 Å². The van der Waals surface area contributed by atoms with Gasteiger partial charge in [0.15, 0.2) is 0 Å². The smallest absolute Gasteiger partial charge is 0.222 e. The molecule has 4 N–H and O–H groups in total. The SMILES string of the molecule is CC(C(N)=O)C1CSC(c2cc3cc(Cl)cc(NC4CCCC4)c3[nH]2)=N1. The van der Waals surface area contributed by atoms with Gasteiger partial charge in [-0.15, -0.1) is 11.8 Å². The van der Waals surface area contributed by atoms with E-state index < -0.39 is 0 Å². The molecule has 1 aromatic heterocycles. The summed E-state index contributed by atoms with van der Waals surface area (Å²) in [6, 6.07) is 6.51. The third kappa shape index (κ3) is 3.45. The van der Waals surface area contributed by atoms with Crippen LogP contribution in [0.25, 0.3) is 10.9 Å². The summed E-state index contributed by atoms with van der Waals surface area (Å²) >= 11 is 8.00. The van der Waals surface area contributed by atoms with Crippen LogP contribution in [0.3, 0.4) is 0 Å². The molecule has 0 spiro atoms. The molecule has 1 amide bonds. The number of nitrogens with one attached hydrogen (secondary N) is 2. The molecule has 7 heteroatoms. The fourth-order valence-electron chi connectivity index (χ4n) is 3.71. The Morgan fingerprint density at radius 2 is 2.15 bits per heavy atom. The lowest BCUT2D eigenvalue weighted by molar-refractivity contribution is -0.121. The number of fused-ring (bicyclic) bond motifs is 1. The van der Waals surface area contributed by atoms with E-state index in [0.717, 1.165) is 38.1 Å². The van der Waals surface area contributed by atoms with Gasteiger partial charge in [0.2, 0.25) is 5.91 Å². The summed E-state index contributed by atoms with van der Waals surface area (Å²) in [6.07, 6.45) is 4.97. The standard InChI is InChI=1S/C19H23ClN4OS/c1-10(18(21)25)16-9-26-19(24-16)15-7-11-6-12(20)8-14(17(11)23-15)22-13-4-2-3-5-13/h6-8,10,13,16,22-23H,2-5,9H2,1H3,(H2,21,25). The predicted molar refractivity (Wildman–Crippen MR) is 110 cm³/mol. The van der Waals surface area contributed by atoms with Gasteiger partial charge in [0.1, 0.15) is 5.04 Å². The maximum Gasteiger partial charge on any atom is 0.222 e. The average molecular weight is 391 g/mol. The largest absolute Gasteiger partial charge is 0.381 e. The number of aromatic amines is 1. The molecule has 0 saturated heterocycles. The van der Waals surface area contributed by atoms with Crippen molar-refractivity contribution in [3.63, 3.8) is 0 Å². The summed E-state index contributed by atoms with van der Waals surface area (Å²) < 4.78 is 0. The summed E-state index contributed by atoms with van der Waals surface area (Å²) in [5.41, 5.74) is 8.51. The number of hydrogen-bond acceptors (Lipinski definition) is 4. The number of carbonyl (C=O) groups is 1. The number of benzene rings is 1. The van der Waals surface area contributed by atoms with E-state index in [9.17, 15) is 4.79 Å². The van der Waals surface area contributed by atoms with Crippen LogP contribution in [0, 0.1) is 5.92 Å². The minimum absolute atomic E-state index is 0.0569. The highest BCUT2D eigenvalue weighted by molar-refractivity contribution is 8.14. The Hall–Kier alpha value is -1.66. The van der Waals surface area contributed by atoms with Gasteiger partial charge in [-0.1, -0.05) is 31.4 Å². The topological polar surface area (TPSA) is 83.3 Å². The fraction of sp³-hybridized carbons (Fsp3) is 0.474. The minimum atomic E-state index is -0.299. The number of hydrogen-bond donors (Lipinski definition) is 3. The molecule has 5 nitrogen and oxygen atoms in total. The monoisotopic (exact) mass is 390 g/mol. The molecule has 2 atom stereocenters. The summed E-state index contributed by atoms with van der Waals surface area (Å²) in [5, 5.41) is 6.38. The lowest BCUT2D eigenvalue weighted by Crippen LogP contribution is -2.30. The first-order valence-corrected chi connectivity index (χ1v) is 10.5. The van der Waals surface area contributed by atoms with Gasteiger partial charge in [-0.25, -0.2) is 0 Å². The third-order valence-electron chi connectivity index (χ3n) is 5.34. The molecule has 2 aliphatic rings. The van der Waals surface area contributed by atoms with Crippen LogP contribution in [0.5, 0.6) is 0 Å². The van der Waals surface area contributed by atoms with E-state index in [2.05, 4.69) is 16.4 Å². The van der Waals surface area contributed by atoms with Crippen LogP contribution in [-0.4, -0.2) is 33.8 Å². The number of amides is 1. The molecular weight excluding hydrogens is 368 g/mol. The number of anilines is 1. The minimum Gasteiger partial charge on any atom is -0.381 e. The van der Waals surface area contributed by atoms with Gasteiger partial charge < -0.3 is 16.0 Å². The van der Waals surface area contributed by atoms with Crippen LogP contribution in [0.4, 0.5) is 5.69 Å². The number of primary amides is 1. The van der Waals surface area contributed by atoms with E-state index in [1.807, 2.05) is 19.1 Å². The molecule has 2 unspecified atom stereocenters. The Bertz CT molecular complexity index is 872. The quantitative estimate of drug-likeness (QED) is 0.716. The zero-order chi connectivity index (χ0) is 18.3. The second kappa shape index (κ2) is 7.16. The first-order valence-electron chi connectivity index (χ1n) is 9.10. The van der Waals surface area contributed by atoms with Crippen LogP contribution < -0.4 is 11.1 Å². The van der Waals surface area contributed by atoms with Crippen molar-refractivity contribution in [2.24, 2.45) is 16.6 Å². The number of rotatable bonds is 5. The Morgan fingerprint density at radius 1 is 1.38 bits per heavy atom. The lowest BCUT2D eigenvalue weighted by atomic mass is 10.0. The van der Waals surface area contributed by atoms with Crippen LogP contribution in [0.1, 0.15) is 38.3 Å². The highest BCUT2D eigenvalue weighted by Crippen LogP contribution is 2.34. The van der Waals surface area contributed by atoms with Crippen molar-refractivity contribution in [1.29, 1.82) is 0 Å². The maximum absolute atomic E-state index is 11.4. The van der Waals surface area contributed by atoms with Crippen LogP contribution in [-0.2, 0) is 4.79 Å². The number of H-pyrrole nitrogens is 1. The van der Waals surface area contributed by atoms with Gasteiger partial charge in [0.05, 0.1) is 28.9 Å². The highest BCUT2D eigenvalue weighted by Gasteiger charge is 2.28. The normalized spacial score (nSPS) is 21.9. The van der Waals surface area contributed by atoms with Crippen molar-refractivity contribution < 1.29 is 4.79 Å². The highest BCUT2D eigenvalue weighted by atomic mass is 35.5. The van der Waals surface area contributed by atoms with E-state index in [0.29, 0.717) is 6.04 Å². The second-order valence-corrected chi connectivity index (χ2v) is 8.68. The second-order valence-electron chi connectivity index (χ2n) is 7.23. The first kappa shape index (κ1) is 17.7. The number of thioether (sulfide) groups is 1. The van der Waals surface area contributed by atoms with Crippen molar-refractivity contribution in [2.75, 3.05) is 11.1 Å². The number of nitrogens with two attached hydrogens (primary N) is 1. The molecule has 1 fully saturated rings. The van der Waals surface area contributed by atoms with Crippen molar-refractivity contribution in [2.45, 2.75) is 44.7 Å². The molecular formula is C19H23ClN4OS. The predicted octanol–water partition coefficient (Wildman–Crippen LogP) is 4.16. The molecule has 26 heavy (non-hydrogen) atoms. The number of aliphatic imine (C=N–C) groups is 1. The molecule has 1 aliphatic carbocycles. The molecule has 138 valence electrons. The van der Waals surface area contributed by atoms with Crippen molar-refractivity contribution in [1.82, 2.24) is 4.98 Å². The van der Waals surface area contributed by atoms with Crippen LogP contribution in [0.2, 0.25) is 5.02 Å². The summed E-state index contributed by atoms with van der Waals surface area (Å²) in [5.74, 6) is 0.230. The molecule has 4 rings (SSSR count). The van der Waals surface area contributed by atoms with Gasteiger partial charge >= 0.3 is 0 Å². The van der Waals surface area contributed by atoms with E-state index in [1.165, 1.54) is 25.7 Å². The average Bonchev–Trinajstić information content (AvgIpc) is 3.33. The van der Waals surface area contributed by atoms with Crippen LogP contribution in [0.15, 0.2) is 23.2 Å². The molecule has 0 radical (unpaired) electrons. The van der Waals surface area contributed by atoms with Crippen molar-refractivity contribution in [3.8, 4) is 0 Å². The van der Waals surface area contributed by atoms with E-state index in [-0.39, 0.29) is 17.9 Å². The summed E-state index contributed by atoms with van der Waals surface area (Å²) in [4.78, 5) is 19.7. The zero-order valence-corrected chi connectivity index (χ0v) is 16.3. The Balaban J connectivity index is 1.65. The number of carbonyl (C=O) groups excluding carboxylic acids is 1. The van der Waals surface area contributed by atoms with Crippen LogP contribution >= 0.6 is 23.4 Å². The van der Waals surface area contributed by atoms with Crippen molar-refractivity contribution >= 4 is 50.9 Å². The van der Waals surface area contributed by atoms with Gasteiger partial charge in [0, 0.05) is 22.2 Å². The third-order valence-corrected chi connectivity index (χ3v) is 6.66. The maximum atomic E-state index is 11.4. The van der Waals surface area contributed by atoms with Gasteiger partial charge in [0.25, 0.3) is 0 Å². The van der Waals surface area contributed by atoms with Crippen molar-refractivity contribution in [3.05, 3.63) is 28.9 Å². The molecule has 2 aromatic rings. The molecule has 2 heterocycles. The first-order chi connectivity index (χ1) is 12.5. The fourth-order valence-corrected chi connectivity index (χ4v) is 5.10.